The van der Waals surface area contributed by atoms with E-state index in [1.54, 1.807) is 42.0 Å². The lowest BCUT2D eigenvalue weighted by Crippen LogP contribution is -2.05. The Morgan fingerprint density at radius 3 is 2.64 bits per heavy atom. The maximum Gasteiger partial charge on any atom is 0.188 e. The van der Waals surface area contributed by atoms with Crippen LogP contribution in [0.1, 0.15) is 16.2 Å². The van der Waals surface area contributed by atoms with Gasteiger partial charge >= 0.3 is 0 Å². The van der Waals surface area contributed by atoms with Crippen molar-refractivity contribution in [1.82, 2.24) is 29.1 Å². The first-order chi connectivity index (χ1) is 12.1. The molecule has 7 nitrogen and oxygen atoms in total. The van der Waals surface area contributed by atoms with Gasteiger partial charge in [-0.1, -0.05) is 0 Å². The van der Waals surface area contributed by atoms with Crippen LogP contribution in [0.25, 0.3) is 22.2 Å². The average Bonchev–Trinajstić information content (AvgIpc) is 3.22. The Labute approximate surface area is 144 Å². The van der Waals surface area contributed by atoms with Gasteiger partial charge < -0.3 is 9.13 Å². The highest BCUT2D eigenvalue weighted by molar-refractivity contribution is 5.95. The maximum absolute atomic E-state index is 12.3. The van der Waals surface area contributed by atoms with Crippen molar-refractivity contribution in [2.45, 2.75) is 6.42 Å². The van der Waals surface area contributed by atoms with Crippen LogP contribution in [0.5, 0.6) is 0 Å². The number of imidazole rings is 2. The zero-order valence-electron chi connectivity index (χ0n) is 13.9. The maximum atomic E-state index is 12.3. The zero-order chi connectivity index (χ0) is 17.4. The first-order valence-electron chi connectivity index (χ1n) is 7.83. The van der Waals surface area contributed by atoms with Gasteiger partial charge in [0.15, 0.2) is 5.78 Å². The second kappa shape index (κ2) is 5.94. The van der Waals surface area contributed by atoms with E-state index in [1.807, 2.05) is 30.8 Å². The number of nitrogens with zero attached hydrogens (tertiary/aromatic N) is 6. The Morgan fingerprint density at radius 1 is 1.04 bits per heavy atom. The summed E-state index contributed by atoms with van der Waals surface area (Å²) in [6.07, 6.45) is 10.6. The largest absolute Gasteiger partial charge is 0.340 e. The number of aromatic nitrogens is 6. The minimum absolute atomic E-state index is 0.0526. The van der Waals surface area contributed by atoms with Crippen LogP contribution >= 0.6 is 0 Å². The molecule has 0 aliphatic heterocycles. The monoisotopic (exact) mass is 332 g/mol. The fraction of sp³-hybridized carbons (Fsp3) is 0.167. The van der Waals surface area contributed by atoms with Crippen molar-refractivity contribution in [3.63, 3.8) is 0 Å². The molecule has 4 aromatic rings. The third-order valence-corrected chi connectivity index (χ3v) is 4.07. The van der Waals surface area contributed by atoms with Crippen molar-refractivity contribution in [3.8, 4) is 11.3 Å². The molecule has 0 aromatic carbocycles. The van der Waals surface area contributed by atoms with E-state index in [1.165, 1.54) is 0 Å². The number of fused-ring (bicyclic) bond motifs is 1. The molecule has 0 bridgehead atoms. The zero-order valence-corrected chi connectivity index (χ0v) is 13.9. The van der Waals surface area contributed by atoms with Gasteiger partial charge in [-0.2, -0.15) is 0 Å². The van der Waals surface area contributed by atoms with Gasteiger partial charge in [0.05, 0.1) is 42.7 Å². The summed E-state index contributed by atoms with van der Waals surface area (Å²) in [6, 6.07) is 3.94. The molecule has 0 fully saturated rings. The minimum Gasteiger partial charge on any atom is -0.340 e. The van der Waals surface area contributed by atoms with Crippen molar-refractivity contribution >= 4 is 16.7 Å². The van der Waals surface area contributed by atoms with Gasteiger partial charge in [-0.15, -0.1) is 0 Å². The standard InChI is InChI=1S/C18H16N6O/c1-23-9-16(22-11-23)18(25)5-14-4-12-3-13(6-21-15(12)7-20-14)17-8-19-10-24(17)2/h3-4,6-11H,5H2,1-2H3. The number of carbonyl (C=O) groups excluding carboxylic acids is 1. The molecule has 124 valence electrons. The highest BCUT2D eigenvalue weighted by Crippen LogP contribution is 2.22. The molecule has 0 spiro atoms. The topological polar surface area (TPSA) is 78.5 Å². The second-order valence-electron chi connectivity index (χ2n) is 6.01. The first kappa shape index (κ1) is 15.2. The lowest BCUT2D eigenvalue weighted by Gasteiger charge is -2.05. The molecule has 0 saturated carbocycles. The molecule has 4 aromatic heterocycles. The number of pyridine rings is 2. The lowest BCUT2D eigenvalue weighted by molar-refractivity contribution is 0.0987. The van der Waals surface area contributed by atoms with Crippen LogP contribution in [0.2, 0.25) is 0 Å². The second-order valence-corrected chi connectivity index (χ2v) is 6.01. The Hall–Kier alpha value is -3.35. The predicted octanol–water partition coefficient (Wildman–Crippen LogP) is 2.19. The summed E-state index contributed by atoms with van der Waals surface area (Å²) in [7, 11) is 3.78. The van der Waals surface area contributed by atoms with Gasteiger partial charge in [-0.05, 0) is 12.1 Å². The van der Waals surface area contributed by atoms with Crippen molar-refractivity contribution in [3.05, 3.63) is 61.0 Å². The predicted molar refractivity (Wildman–Crippen MR) is 93.0 cm³/mol. The van der Waals surface area contributed by atoms with E-state index >= 15 is 0 Å². The Kier molecular flexibility index (Phi) is 3.61. The van der Waals surface area contributed by atoms with E-state index < -0.39 is 0 Å². The minimum atomic E-state index is -0.0526. The van der Waals surface area contributed by atoms with Gasteiger partial charge in [0.2, 0.25) is 0 Å². The van der Waals surface area contributed by atoms with Crippen LogP contribution in [0.3, 0.4) is 0 Å². The molecule has 7 heteroatoms. The van der Waals surface area contributed by atoms with E-state index in [9.17, 15) is 4.79 Å². The molecule has 0 saturated heterocycles. The van der Waals surface area contributed by atoms with Crippen LogP contribution in [-0.2, 0) is 20.5 Å². The molecule has 0 N–H and O–H groups in total. The van der Waals surface area contributed by atoms with Crippen LogP contribution < -0.4 is 0 Å². The number of carbonyl (C=O) groups is 1. The van der Waals surface area contributed by atoms with Crippen molar-refractivity contribution in [1.29, 1.82) is 0 Å². The molecular formula is C18H16N6O. The van der Waals surface area contributed by atoms with Crippen LogP contribution in [0.4, 0.5) is 0 Å². The Bertz CT molecular complexity index is 1080. The third kappa shape index (κ3) is 2.91. The smallest absolute Gasteiger partial charge is 0.188 e. The fourth-order valence-corrected chi connectivity index (χ4v) is 2.76. The van der Waals surface area contributed by atoms with Crippen LogP contribution in [0.15, 0.2) is 49.6 Å². The Balaban J connectivity index is 1.67. The number of aryl methyl sites for hydroxylation is 2. The van der Waals surface area contributed by atoms with Crippen molar-refractivity contribution in [2.75, 3.05) is 0 Å². The van der Waals surface area contributed by atoms with Gasteiger partial charge in [0, 0.05) is 43.1 Å². The molecule has 4 rings (SSSR count). The van der Waals surface area contributed by atoms with Crippen LogP contribution in [0, 0.1) is 0 Å². The highest BCUT2D eigenvalue weighted by atomic mass is 16.1. The summed E-state index contributed by atoms with van der Waals surface area (Å²) in [5.74, 6) is -0.0526. The number of ketones is 1. The first-order valence-corrected chi connectivity index (χ1v) is 7.83. The highest BCUT2D eigenvalue weighted by Gasteiger charge is 2.12. The summed E-state index contributed by atoms with van der Waals surface area (Å²) >= 11 is 0. The average molecular weight is 332 g/mol. The van der Waals surface area contributed by atoms with Gasteiger partial charge in [-0.25, -0.2) is 9.97 Å². The molecule has 0 radical (unpaired) electrons. The normalized spacial score (nSPS) is 11.1. The molecular weight excluding hydrogens is 316 g/mol. The summed E-state index contributed by atoms with van der Waals surface area (Å²) in [4.78, 5) is 29.4. The third-order valence-electron chi connectivity index (χ3n) is 4.07. The summed E-state index contributed by atoms with van der Waals surface area (Å²) in [5, 5.41) is 0.942. The van der Waals surface area contributed by atoms with Gasteiger partial charge in [-0.3, -0.25) is 14.8 Å². The molecule has 25 heavy (non-hydrogen) atoms. The molecule has 0 aliphatic rings. The Morgan fingerprint density at radius 2 is 1.92 bits per heavy atom. The summed E-state index contributed by atoms with van der Waals surface area (Å²) < 4.78 is 3.70. The SMILES string of the molecule is Cn1cnc(C(=O)Cc2cc3cc(-c4cncn4C)cnc3cn2)c1. The van der Waals surface area contributed by atoms with E-state index in [-0.39, 0.29) is 12.2 Å². The van der Waals surface area contributed by atoms with Crippen molar-refractivity contribution < 1.29 is 4.79 Å². The molecule has 0 aliphatic carbocycles. The molecule has 4 heterocycles. The van der Waals surface area contributed by atoms with E-state index in [0.717, 1.165) is 22.2 Å². The number of rotatable bonds is 4. The van der Waals surface area contributed by atoms with Gasteiger partial charge in [0.1, 0.15) is 5.69 Å². The fourth-order valence-electron chi connectivity index (χ4n) is 2.76. The number of hydrogen-bond acceptors (Lipinski definition) is 5. The van der Waals surface area contributed by atoms with Gasteiger partial charge in [0.25, 0.3) is 0 Å². The number of hydrogen-bond donors (Lipinski definition) is 0. The lowest BCUT2D eigenvalue weighted by atomic mass is 10.1. The van der Waals surface area contributed by atoms with E-state index in [0.29, 0.717) is 11.4 Å². The van der Waals surface area contributed by atoms with Crippen LogP contribution in [-0.4, -0.2) is 34.9 Å². The quantitative estimate of drug-likeness (QED) is 0.535. The van der Waals surface area contributed by atoms with Crippen molar-refractivity contribution in [2.24, 2.45) is 14.1 Å². The van der Waals surface area contributed by atoms with E-state index in [4.69, 9.17) is 0 Å². The number of Topliss-reactive ketones (excluding diaryl/α,β-unsaturated/α-hetero) is 1. The van der Waals surface area contributed by atoms with E-state index in [2.05, 4.69) is 19.9 Å². The molecule has 0 unspecified atom stereocenters. The summed E-state index contributed by atoms with van der Waals surface area (Å²) in [5.41, 5.74) is 3.90. The summed E-state index contributed by atoms with van der Waals surface area (Å²) in [6.45, 7) is 0. The molecule has 0 atom stereocenters. The molecule has 0 amide bonds.